The van der Waals surface area contributed by atoms with Crippen molar-refractivity contribution in [3.8, 4) is 0 Å². The molecule has 31 heavy (non-hydrogen) atoms. The van der Waals surface area contributed by atoms with Gasteiger partial charge in [-0.3, -0.25) is 14.4 Å². The molecule has 1 heterocycles. The molecule has 1 aliphatic rings. The molecule has 0 aromatic heterocycles. The van der Waals surface area contributed by atoms with E-state index in [1.807, 2.05) is 36.9 Å². The summed E-state index contributed by atoms with van der Waals surface area (Å²) in [5.74, 6) is -0.315. The summed E-state index contributed by atoms with van der Waals surface area (Å²) in [6.07, 6.45) is 3.28. The lowest BCUT2D eigenvalue weighted by Gasteiger charge is -2.26. The number of nitrogens with one attached hydrogen (secondary N) is 3. The second-order valence-electron chi connectivity index (χ2n) is 8.06. The molecule has 7 heteroatoms. The van der Waals surface area contributed by atoms with Crippen molar-refractivity contribution in [1.29, 1.82) is 0 Å². The summed E-state index contributed by atoms with van der Waals surface area (Å²) in [6, 6.07) is 14.2. The van der Waals surface area contributed by atoms with Gasteiger partial charge in [0, 0.05) is 41.6 Å². The largest absolute Gasteiger partial charge is 0.376 e. The average molecular weight is 423 g/mol. The van der Waals surface area contributed by atoms with E-state index in [-0.39, 0.29) is 30.2 Å². The van der Waals surface area contributed by atoms with Gasteiger partial charge >= 0.3 is 0 Å². The van der Waals surface area contributed by atoms with E-state index in [2.05, 4.69) is 16.0 Å². The van der Waals surface area contributed by atoms with E-state index in [9.17, 15) is 14.4 Å². The van der Waals surface area contributed by atoms with Crippen LogP contribution in [-0.4, -0.2) is 42.3 Å². The number of hydrogen-bond donors (Lipinski definition) is 3. The molecule has 0 radical (unpaired) electrons. The average Bonchev–Trinajstić information content (AvgIpc) is 2.79. The summed E-state index contributed by atoms with van der Waals surface area (Å²) in [4.78, 5) is 38.6. The lowest BCUT2D eigenvalue weighted by molar-refractivity contribution is -0.119. The molecule has 0 spiro atoms. The molecule has 0 atom stereocenters. The SMILES string of the molecule is CC(C)C(=O)Nc1ccc(NC(=O)CNc2cccc(C(=O)N3CCCCC3)c2)cc1. The normalized spacial score (nSPS) is 13.6. The summed E-state index contributed by atoms with van der Waals surface area (Å²) in [7, 11) is 0. The first kappa shape index (κ1) is 22.3. The molecule has 0 aliphatic carbocycles. The van der Waals surface area contributed by atoms with E-state index in [0.717, 1.165) is 31.6 Å². The van der Waals surface area contributed by atoms with Gasteiger partial charge in [0.15, 0.2) is 0 Å². The van der Waals surface area contributed by atoms with Gasteiger partial charge in [-0.15, -0.1) is 0 Å². The van der Waals surface area contributed by atoms with Gasteiger partial charge in [0.05, 0.1) is 6.54 Å². The van der Waals surface area contributed by atoms with E-state index in [0.29, 0.717) is 16.9 Å². The van der Waals surface area contributed by atoms with E-state index < -0.39 is 0 Å². The fourth-order valence-electron chi connectivity index (χ4n) is 3.35. The van der Waals surface area contributed by atoms with Gasteiger partial charge in [0.1, 0.15) is 0 Å². The van der Waals surface area contributed by atoms with Crippen LogP contribution in [-0.2, 0) is 9.59 Å². The Morgan fingerprint density at radius 1 is 0.871 bits per heavy atom. The number of anilines is 3. The van der Waals surface area contributed by atoms with Gasteiger partial charge in [-0.25, -0.2) is 0 Å². The number of rotatable bonds is 7. The Hall–Kier alpha value is -3.35. The summed E-state index contributed by atoms with van der Waals surface area (Å²) in [5, 5.41) is 8.70. The molecule has 0 unspecified atom stereocenters. The van der Waals surface area contributed by atoms with Crippen molar-refractivity contribution in [3.63, 3.8) is 0 Å². The number of benzene rings is 2. The van der Waals surface area contributed by atoms with E-state index in [1.165, 1.54) is 6.42 Å². The number of hydrogen-bond acceptors (Lipinski definition) is 4. The van der Waals surface area contributed by atoms with Crippen LogP contribution in [0.15, 0.2) is 48.5 Å². The molecule has 3 amide bonds. The second-order valence-corrected chi connectivity index (χ2v) is 8.06. The Morgan fingerprint density at radius 2 is 1.52 bits per heavy atom. The molecule has 3 rings (SSSR count). The van der Waals surface area contributed by atoms with Crippen LogP contribution >= 0.6 is 0 Å². The zero-order chi connectivity index (χ0) is 22.2. The maximum Gasteiger partial charge on any atom is 0.253 e. The van der Waals surface area contributed by atoms with Crippen LogP contribution in [0.1, 0.15) is 43.5 Å². The van der Waals surface area contributed by atoms with Crippen LogP contribution in [0.4, 0.5) is 17.1 Å². The minimum atomic E-state index is -0.202. The standard InChI is InChI=1S/C24H30N4O3/c1-17(2)23(30)27-20-11-9-19(10-12-20)26-22(29)16-25-21-8-6-7-18(15-21)24(31)28-13-4-3-5-14-28/h6-12,15,17,25H,3-5,13-14,16H2,1-2H3,(H,26,29)(H,27,30). The number of carbonyl (C=O) groups is 3. The number of likely N-dealkylation sites (tertiary alicyclic amines) is 1. The first-order valence-corrected chi connectivity index (χ1v) is 10.8. The molecule has 2 aromatic carbocycles. The van der Waals surface area contributed by atoms with E-state index in [1.54, 1.807) is 30.3 Å². The number of piperidine rings is 1. The molecule has 2 aromatic rings. The van der Waals surface area contributed by atoms with Crippen molar-refractivity contribution in [2.24, 2.45) is 5.92 Å². The van der Waals surface area contributed by atoms with Gasteiger partial charge < -0.3 is 20.9 Å². The van der Waals surface area contributed by atoms with Crippen molar-refractivity contribution in [2.45, 2.75) is 33.1 Å². The van der Waals surface area contributed by atoms with Crippen molar-refractivity contribution >= 4 is 34.8 Å². The Labute approximate surface area is 183 Å². The fraction of sp³-hybridized carbons (Fsp3) is 0.375. The van der Waals surface area contributed by atoms with E-state index in [4.69, 9.17) is 0 Å². The topological polar surface area (TPSA) is 90.5 Å². The Bertz CT molecular complexity index is 919. The Morgan fingerprint density at radius 3 is 2.16 bits per heavy atom. The molecule has 0 saturated carbocycles. The first-order valence-electron chi connectivity index (χ1n) is 10.8. The molecular formula is C24H30N4O3. The predicted molar refractivity (Wildman–Crippen MR) is 123 cm³/mol. The van der Waals surface area contributed by atoms with Gasteiger partial charge in [-0.05, 0) is 61.7 Å². The van der Waals surface area contributed by atoms with E-state index >= 15 is 0 Å². The van der Waals surface area contributed by atoms with Crippen molar-refractivity contribution in [1.82, 2.24) is 4.90 Å². The summed E-state index contributed by atoms with van der Waals surface area (Å²) in [6.45, 7) is 5.34. The Kier molecular flexibility index (Phi) is 7.65. The van der Waals surface area contributed by atoms with Gasteiger partial charge in [0.25, 0.3) is 5.91 Å². The molecule has 1 aliphatic heterocycles. The Balaban J connectivity index is 1.50. The highest BCUT2D eigenvalue weighted by Crippen LogP contribution is 2.17. The van der Waals surface area contributed by atoms with Crippen molar-refractivity contribution in [3.05, 3.63) is 54.1 Å². The summed E-state index contributed by atoms with van der Waals surface area (Å²) < 4.78 is 0. The third-order valence-electron chi connectivity index (χ3n) is 5.17. The molecule has 1 saturated heterocycles. The van der Waals surface area contributed by atoms with Crippen LogP contribution < -0.4 is 16.0 Å². The van der Waals surface area contributed by atoms with Gasteiger partial charge in [-0.2, -0.15) is 0 Å². The highest BCUT2D eigenvalue weighted by molar-refractivity contribution is 5.96. The van der Waals surface area contributed by atoms with Gasteiger partial charge in [0.2, 0.25) is 11.8 Å². The highest BCUT2D eigenvalue weighted by atomic mass is 16.2. The van der Waals surface area contributed by atoms with Crippen LogP contribution in [0, 0.1) is 5.92 Å². The maximum absolute atomic E-state index is 12.7. The molecule has 3 N–H and O–H groups in total. The summed E-state index contributed by atoms with van der Waals surface area (Å²) >= 11 is 0. The number of nitrogens with zero attached hydrogens (tertiary/aromatic N) is 1. The molecule has 1 fully saturated rings. The first-order chi connectivity index (χ1) is 14.9. The van der Waals surface area contributed by atoms with Crippen LogP contribution in [0.25, 0.3) is 0 Å². The van der Waals surface area contributed by atoms with Crippen molar-refractivity contribution < 1.29 is 14.4 Å². The lowest BCUT2D eigenvalue weighted by Crippen LogP contribution is -2.35. The molecule has 0 bridgehead atoms. The van der Waals surface area contributed by atoms with Crippen molar-refractivity contribution in [2.75, 3.05) is 35.6 Å². The predicted octanol–water partition coefficient (Wildman–Crippen LogP) is 3.96. The lowest BCUT2D eigenvalue weighted by atomic mass is 10.1. The zero-order valence-electron chi connectivity index (χ0n) is 18.1. The fourth-order valence-corrected chi connectivity index (χ4v) is 3.35. The van der Waals surface area contributed by atoms with Crippen LogP contribution in [0.2, 0.25) is 0 Å². The smallest absolute Gasteiger partial charge is 0.253 e. The summed E-state index contributed by atoms with van der Waals surface area (Å²) in [5.41, 5.74) is 2.68. The number of amides is 3. The second kappa shape index (κ2) is 10.6. The maximum atomic E-state index is 12.7. The van der Waals surface area contributed by atoms with Crippen LogP contribution in [0.3, 0.4) is 0 Å². The number of carbonyl (C=O) groups excluding carboxylic acids is 3. The minimum absolute atomic E-state index is 0.0393. The molecule has 164 valence electrons. The third kappa shape index (κ3) is 6.57. The quantitative estimate of drug-likeness (QED) is 0.630. The minimum Gasteiger partial charge on any atom is -0.376 e. The third-order valence-corrected chi connectivity index (χ3v) is 5.17. The molecule has 7 nitrogen and oxygen atoms in total. The molecular weight excluding hydrogens is 392 g/mol. The van der Waals surface area contributed by atoms with Crippen LogP contribution in [0.5, 0.6) is 0 Å². The monoisotopic (exact) mass is 422 g/mol. The highest BCUT2D eigenvalue weighted by Gasteiger charge is 2.18. The zero-order valence-corrected chi connectivity index (χ0v) is 18.1. The van der Waals surface area contributed by atoms with Gasteiger partial charge in [-0.1, -0.05) is 19.9 Å².